The predicted molar refractivity (Wildman–Crippen MR) is 63.7 cm³/mol. The van der Waals surface area contributed by atoms with Gasteiger partial charge in [-0.15, -0.1) is 11.6 Å². The molecule has 2 atom stereocenters. The minimum Gasteiger partial charge on any atom is -0.212 e. The summed E-state index contributed by atoms with van der Waals surface area (Å²) in [5.41, 5.74) is 0. The summed E-state index contributed by atoms with van der Waals surface area (Å²) in [4.78, 5) is 0. The van der Waals surface area contributed by atoms with Gasteiger partial charge in [0.05, 0.1) is 5.75 Å². The standard InChI is InChI=1S/C10H20ClNO2S/c1-9-5-3-4-6-10(9)12(2)15(13,14)8-7-11/h9-10H,3-8H2,1-2H3. The number of sulfonamides is 1. The van der Waals surface area contributed by atoms with Crippen LogP contribution in [0, 0.1) is 5.92 Å². The average Bonchev–Trinajstić information content (AvgIpc) is 2.17. The molecular formula is C10H20ClNO2S. The highest BCUT2D eigenvalue weighted by atomic mass is 35.5. The summed E-state index contributed by atoms with van der Waals surface area (Å²) in [7, 11) is -1.45. The Morgan fingerprint density at radius 3 is 2.47 bits per heavy atom. The molecule has 1 rings (SSSR count). The highest BCUT2D eigenvalue weighted by Gasteiger charge is 2.31. The van der Waals surface area contributed by atoms with Gasteiger partial charge in [0.25, 0.3) is 0 Å². The van der Waals surface area contributed by atoms with Gasteiger partial charge in [0, 0.05) is 19.0 Å². The molecule has 0 spiro atoms. The molecule has 0 aromatic heterocycles. The molecule has 0 bridgehead atoms. The third-order valence-corrected chi connectivity index (χ3v) is 5.59. The van der Waals surface area contributed by atoms with Crippen LogP contribution in [0.5, 0.6) is 0 Å². The summed E-state index contributed by atoms with van der Waals surface area (Å²) in [6.45, 7) is 2.14. The zero-order chi connectivity index (χ0) is 11.5. The van der Waals surface area contributed by atoms with Crippen molar-refractivity contribution in [2.75, 3.05) is 18.7 Å². The SMILES string of the molecule is CC1CCCCC1N(C)S(=O)(=O)CCCl. The minimum absolute atomic E-state index is 0.0499. The number of nitrogens with zero attached hydrogens (tertiary/aromatic N) is 1. The summed E-state index contributed by atoms with van der Waals surface area (Å²) in [5, 5.41) is 0. The summed E-state index contributed by atoms with van der Waals surface area (Å²) in [5.74, 6) is 0.691. The van der Waals surface area contributed by atoms with Crippen molar-refractivity contribution in [1.29, 1.82) is 0 Å². The lowest BCUT2D eigenvalue weighted by atomic mass is 9.86. The first kappa shape index (κ1) is 13.3. The largest absolute Gasteiger partial charge is 0.215 e. The molecule has 5 heteroatoms. The summed E-state index contributed by atoms with van der Waals surface area (Å²) < 4.78 is 25.2. The summed E-state index contributed by atoms with van der Waals surface area (Å²) in [6.07, 6.45) is 4.47. The van der Waals surface area contributed by atoms with Crippen LogP contribution in [0.4, 0.5) is 0 Å². The van der Waals surface area contributed by atoms with E-state index in [2.05, 4.69) is 6.92 Å². The molecule has 2 unspecified atom stereocenters. The van der Waals surface area contributed by atoms with Crippen molar-refractivity contribution in [3.05, 3.63) is 0 Å². The zero-order valence-electron chi connectivity index (χ0n) is 9.45. The van der Waals surface area contributed by atoms with Crippen molar-refractivity contribution in [2.24, 2.45) is 5.92 Å². The average molecular weight is 254 g/mol. The fraction of sp³-hybridized carbons (Fsp3) is 1.00. The second-order valence-electron chi connectivity index (χ2n) is 4.35. The van der Waals surface area contributed by atoms with E-state index < -0.39 is 10.0 Å². The van der Waals surface area contributed by atoms with Gasteiger partial charge >= 0.3 is 0 Å². The molecule has 0 aliphatic heterocycles. The molecule has 0 radical (unpaired) electrons. The molecule has 0 saturated heterocycles. The Morgan fingerprint density at radius 2 is 1.93 bits per heavy atom. The fourth-order valence-corrected chi connectivity index (χ4v) is 4.08. The van der Waals surface area contributed by atoms with Crippen LogP contribution in [0.25, 0.3) is 0 Å². The van der Waals surface area contributed by atoms with Gasteiger partial charge in [0.15, 0.2) is 0 Å². The molecule has 3 nitrogen and oxygen atoms in total. The highest BCUT2D eigenvalue weighted by molar-refractivity contribution is 7.89. The molecule has 0 amide bonds. The molecule has 1 fully saturated rings. The molecule has 0 aromatic carbocycles. The van der Waals surface area contributed by atoms with E-state index in [1.807, 2.05) is 0 Å². The number of hydrogen-bond donors (Lipinski definition) is 0. The van der Waals surface area contributed by atoms with Gasteiger partial charge in [-0.25, -0.2) is 12.7 Å². The monoisotopic (exact) mass is 253 g/mol. The van der Waals surface area contributed by atoms with Gasteiger partial charge in [-0.05, 0) is 18.8 Å². The highest BCUT2D eigenvalue weighted by Crippen LogP contribution is 2.28. The Bertz CT molecular complexity index is 292. The van der Waals surface area contributed by atoms with Gasteiger partial charge < -0.3 is 0 Å². The van der Waals surface area contributed by atoms with Gasteiger partial charge in [0.1, 0.15) is 0 Å². The fourth-order valence-electron chi connectivity index (χ4n) is 2.28. The van der Waals surface area contributed by atoms with E-state index in [1.54, 1.807) is 11.4 Å². The molecule has 15 heavy (non-hydrogen) atoms. The lowest BCUT2D eigenvalue weighted by Gasteiger charge is -2.35. The lowest BCUT2D eigenvalue weighted by Crippen LogP contribution is -2.43. The number of rotatable bonds is 4. The van der Waals surface area contributed by atoms with E-state index in [1.165, 1.54) is 6.42 Å². The Labute approximate surface area is 97.8 Å². The maximum absolute atomic E-state index is 11.8. The van der Waals surface area contributed by atoms with Crippen LogP contribution in [0.1, 0.15) is 32.6 Å². The van der Waals surface area contributed by atoms with Gasteiger partial charge in [-0.3, -0.25) is 0 Å². The van der Waals surface area contributed by atoms with Crippen LogP contribution in [-0.4, -0.2) is 37.4 Å². The normalized spacial score (nSPS) is 28.3. The van der Waals surface area contributed by atoms with Crippen LogP contribution in [0.3, 0.4) is 0 Å². The van der Waals surface area contributed by atoms with E-state index in [9.17, 15) is 8.42 Å². The first-order chi connectivity index (χ1) is 6.99. The molecule has 90 valence electrons. The molecule has 0 heterocycles. The van der Waals surface area contributed by atoms with Crippen LogP contribution in [0.2, 0.25) is 0 Å². The quantitative estimate of drug-likeness (QED) is 0.720. The van der Waals surface area contributed by atoms with E-state index in [0.717, 1.165) is 19.3 Å². The van der Waals surface area contributed by atoms with Crippen molar-refractivity contribution in [1.82, 2.24) is 4.31 Å². The number of halogens is 1. The van der Waals surface area contributed by atoms with Crippen LogP contribution in [0.15, 0.2) is 0 Å². The first-order valence-corrected chi connectivity index (χ1v) is 7.65. The van der Waals surface area contributed by atoms with Gasteiger partial charge in [0.2, 0.25) is 10.0 Å². The van der Waals surface area contributed by atoms with Crippen molar-refractivity contribution in [3.63, 3.8) is 0 Å². The second-order valence-corrected chi connectivity index (χ2v) is 6.88. The predicted octanol–water partition coefficient (Wildman–Crippen LogP) is 2.07. The Kier molecular flexibility index (Phi) is 4.87. The zero-order valence-corrected chi connectivity index (χ0v) is 11.0. The number of hydrogen-bond acceptors (Lipinski definition) is 2. The topological polar surface area (TPSA) is 37.4 Å². The van der Waals surface area contributed by atoms with Gasteiger partial charge in [-0.2, -0.15) is 0 Å². The maximum atomic E-state index is 11.8. The van der Waals surface area contributed by atoms with E-state index in [-0.39, 0.29) is 17.7 Å². The Balaban J connectivity index is 2.69. The van der Waals surface area contributed by atoms with Crippen LogP contribution in [-0.2, 0) is 10.0 Å². The molecule has 0 N–H and O–H groups in total. The second kappa shape index (κ2) is 5.51. The molecule has 1 aliphatic rings. The molecular weight excluding hydrogens is 234 g/mol. The van der Waals surface area contributed by atoms with Gasteiger partial charge in [-0.1, -0.05) is 19.8 Å². The van der Waals surface area contributed by atoms with E-state index in [0.29, 0.717) is 5.92 Å². The summed E-state index contributed by atoms with van der Waals surface area (Å²) >= 11 is 5.50. The lowest BCUT2D eigenvalue weighted by molar-refractivity contribution is 0.213. The van der Waals surface area contributed by atoms with Crippen LogP contribution >= 0.6 is 11.6 Å². The summed E-state index contributed by atoms with van der Waals surface area (Å²) in [6, 6.07) is 0.173. The maximum Gasteiger partial charge on any atom is 0.215 e. The minimum atomic E-state index is -3.14. The van der Waals surface area contributed by atoms with E-state index in [4.69, 9.17) is 11.6 Å². The molecule has 0 aromatic rings. The molecule has 1 aliphatic carbocycles. The third-order valence-electron chi connectivity index (χ3n) is 3.31. The smallest absolute Gasteiger partial charge is 0.212 e. The van der Waals surface area contributed by atoms with Crippen LogP contribution < -0.4 is 0 Å². The first-order valence-electron chi connectivity index (χ1n) is 5.50. The van der Waals surface area contributed by atoms with E-state index >= 15 is 0 Å². The Morgan fingerprint density at radius 1 is 1.33 bits per heavy atom. The van der Waals surface area contributed by atoms with Crippen molar-refractivity contribution >= 4 is 21.6 Å². The number of alkyl halides is 1. The van der Waals surface area contributed by atoms with Crippen molar-refractivity contribution in [3.8, 4) is 0 Å². The van der Waals surface area contributed by atoms with Crippen molar-refractivity contribution < 1.29 is 8.42 Å². The Hall–Kier alpha value is 0.200. The molecule has 1 saturated carbocycles. The van der Waals surface area contributed by atoms with Crippen molar-refractivity contribution in [2.45, 2.75) is 38.6 Å². The third kappa shape index (κ3) is 3.33.